The summed E-state index contributed by atoms with van der Waals surface area (Å²) in [6.45, 7) is 7.24. The van der Waals surface area contributed by atoms with Gasteiger partial charge in [-0.1, -0.05) is 32.4 Å². The van der Waals surface area contributed by atoms with Gasteiger partial charge in [-0.3, -0.25) is 0 Å². The summed E-state index contributed by atoms with van der Waals surface area (Å²) in [6, 6.07) is 0.309. The van der Waals surface area contributed by atoms with E-state index in [-0.39, 0.29) is 5.41 Å². The molecule has 0 saturated carbocycles. The molecule has 0 fully saturated rings. The monoisotopic (exact) mass is 150 g/mol. The predicted octanol–water partition coefficient (Wildman–Crippen LogP) is 2.64. The van der Waals surface area contributed by atoms with E-state index in [2.05, 4.69) is 20.8 Å². The standard InChI is InChI=1S/C7H15ClO/c1-4-7(2,3)5-9-6-8/h4-6H2,1-3H3. The molecule has 2 heteroatoms. The lowest BCUT2D eigenvalue weighted by molar-refractivity contribution is 0.0893. The summed E-state index contributed by atoms with van der Waals surface area (Å²) >= 11 is 5.34. The number of halogens is 1. The van der Waals surface area contributed by atoms with Crippen LogP contribution in [0.3, 0.4) is 0 Å². The van der Waals surface area contributed by atoms with Crippen LogP contribution in [0.2, 0.25) is 0 Å². The molecule has 1 nitrogen and oxygen atoms in total. The number of hydrogen-bond donors (Lipinski definition) is 0. The van der Waals surface area contributed by atoms with Crippen molar-refractivity contribution < 1.29 is 4.74 Å². The molecule has 0 atom stereocenters. The van der Waals surface area contributed by atoms with Gasteiger partial charge in [-0.25, -0.2) is 0 Å². The Kier molecular flexibility index (Phi) is 4.24. The summed E-state index contributed by atoms with van der Waals surface area (Å²) in [5, 5.41) is 0. The largest absolute Gasteiger partial charge is 0.365 e. The van der Waals surface area contributed by atoms with Crippen LogP contribution in [0.15, 0.2) is 0 Å². The van der Waals surface area contributed by atoms with Crippen molar-refractivity contribution in [3.63, 3.8) is 0 Å². The maximum atomic E-state index is 5.34. The zero-order valence-corrected chi connectivity index (χ0v) is 7.16. The van der Waals surface area contributed by atoms with Crippen LogP contribution in [0.4, 0.5) is 0 Å². The summed E-state index contributed by atoms with van der Waals surface area (Å²) in [7, 11) is 0. The molecule has 0 saturated heterocycles. The maximum Gasteiger partial charge on any atom is 0.120 e. The average Bonchev–Trinajstić information content (AvgIpc) is 1.84. The molecule has 56 valence electrons. The van der Waals surface area contributed by atoms with Gasteiger partial charge in [0.15, 0.2) is 0 Å². The highest BCUT2D eigenvalue weighted by Crippen LogP contribution is 2.19. The summed E-state index contributed by atoms with van der Waals surface area (Å²) < 4.78 is 5.05. The Morgan fingerprint density at radius 2 is 2.00 bits per heavy atom. The molecule has 0 aliphatic carbocycles. The highest BCUT2D eigenvalue weighted by atomic mass is 35.5. The van der Waals surface area contributed by atoms with E-state index in [9.17, 15) is 0 Å². The first-order chi connectivity index (χ1) is 4.12. The van der Waals surface area contributed by atoms with Crippen molar-refractivity contribution >= 4 is 11.6 Å². The highest BCUT2D eigenvalue weighted by Gasteiger charge is 2.13. The molecule has 9 heavy (non-hydrogen) atoms. The van der Waals surface area contributed by atoms with Crippen LogP contribution >= 0.6 is 11.6 Å². The molecular weight excluding hydrogens is 136 g/mol. The quantitative estimate of drug-likeness (QED) is 0.560. The Hall–Kier alpha value is 0.250. The van der Waals surface area contributed by atoms with Gasteiger partial charge in [0, 0.05) is 0 Å². The zero-order chi connectivity index (χ0) is 7.33. The van der Waals surface area contributed by atoms with E-state index >= 15 is 0 Å². The Balaban J connectivity index is 3.33. The first-order valence-corrected chi connectivity index (χ1v) is 3.79. The summed E-state index contributed by atoms with van der Waals surface area (Å²) in [4.78, 5) is 0. The second-order valence-corrected chi connectivity index (χ2v) is 3.19. The fourth-order valence-corrected chi connectivity index (χ4v) is 0.494. The van der Waals surface area contributed by atoms with Crippen LogP contribution < -0.4 is 0 Å². The predicted molar refractivity (Wildman–Crippen MR) is 40.7 cm³/mol. The molecule has 0 spiro atoms. The minimum atomic E-state index is 0.287. The van der Waals surface area contributed by atoms with E-state index in [1.807, 2.05) is 0 Å². The highest BCUT2D eigenvalue weighted by molar-refractivity contribution is 6.17. The van der Waals surface area contributed by atoms with E-state index < -0.39 is 0 Å². The van der Waals surface area contributed by atoms with Crippen LogP contribution in [0, 0.1) is 5.41 Å². The molecule has 0 rings (SSSR count). The topological polar surface area (TPSA) is 9.23 Å². The first kappa shape index (κ1) is 9.25. The molecule has 0 amide bonds. The lowest BCUT2D eigenvalue weighted by Crippen LogP contribution is -2.17. The molecule has 0 aromatic heterocycles. The smallest absolute Gasteiger partial charge is 0.120 e. The van der Waals surface area contributed by atoms with Crippen LogP contribution in [0.25, 0.3) is 0 Å². The number of alkyl halides is 1. The van der Waals surface area contributed by atoms with E-state index in [0.717, 1.165) is 13.0 Å². The van der Waals surface area contributed by atoms with Crippen molar-refractivity contribution in [3.05, 3.63) is 0 Å². The van der Waals surface area contributed by atoms with Crippen LogP contribution in [0.1, 0.15) is 27.2 Å². The molecule has 0 unspecified atom stereocenters. The summed E-state index contributed by atoms with van der Waals surface area (Å²) in [6.07, 6.45) is 1.13. The van der Waals surface area contributed by atoms with Gasteiger partial charge in [0.05, 0.1) is 6.61 Å². The second kappa shape index (κ2) is 4.13. The molecule has 0 bridgehead atoms. The summed E-state index contributed by atoms with van der Waals surface area (Å²) in [5.41, 5.74) is 0.287. The Morgan fingerprint density at radius 1 is 1.44 bits per heavy atom. The van der Waals surface area contributed by atoms with E-state index in [1.165, 1.54) is 0 Å². The molecule has 0 N–H and O–H groups in total. The van der Waals surface area contributed by atoms with Crippen molar-refractivity contribution in [2.24, 2.45) is 5.41 Å². The van der Waals surface area contributed by atoms with Gasteiger partial charge in [-0.05, 0) is 11.8 Å². The normalized spacial score (nSPS) is 12.0. The average molecular weight is 151 g/mol. The zero-order valence-electron chi connectivity index (χ0n) is 6.41. The number of hydrogen-bond acceptors (Lipinski definition) is 1. The second-order valence-electron chi connectivity index (χ2n) is 2.98. The van der Waals surface area contributed by atoms with Gasteiger partial charge in [0.1, 0.15) is 6.07 Å². The van der Waals surface area contributed by atoms with Crippen molar-refractivity contribution in [2.45, 2.75) is 27.2 Å². The van der Waals surface area contributed by atoms with Crippen LogP contribution in [-0.4, -0.2) is 12.7 Å². The van der Waals surface area contributed by atoms with Crippen molar-refractivity contribution in [2.75, 3.05) is 12.7 Å². The van der Waals surface area contributed by atoms with Gasteiger partial charge in [0.25, 0.3) is 0 Å². The SMILES string of the molecule is CCC(C)(C)COCCl. The first-order valence-electron chi connectivity index (χ1n) is 3.26. The van der Waals surface area contributed by atoms with Gasteiger partial charge in [0.2, 0.25) is 0 Å². The molecule has 0 heterocycles. The Bertz CT molecular complexity index is 71.3. The lowest BCUT2D eigenvalue weighted by Gasteiger charge is -2.20. The van der Waals surface area contributed by atoms with E-state index in [0.29, 0.717) is 6.07 Å². The lowest BCUT2D eigenvalue weighted by atomic mass is 9.92. The minimum absolute atomic E-state index is 0.287. The van der Waals surface area contributed by atoms with Crippen molar-refractivity contribution in [1.82, 2.24) is 0 Å². The molecule has 0 aliphatic heterocycles. The van der Waals surface area contributed by atoms with Gasteiger partial charge in [-0.2, -0.15) is 0 Å². The van der Waals surface area contributed by atoms with E-state index in [4.69, 9.17) is 16.3 Å². The third-order valence-electron chi connectivity index (χ3n) is 1.53. The summed E-state index contributed by atoms with van der Waals surface area (Å²) in [5.74, 6) is 0. The molecule has 0 aromatic carbocycles. The Labute approximate surface area is 62.3 Å². The van der Waals surface area contributed by atoms with Gasteiger partial charge in [-0.15, -0.1) is 0 Å². The molecular formula is C7H15ClO. The third-order valence-corrected chi connectivity index (χ3v) is 1.68. The Morgan fingerprint density at radius 3 is 2.33 bits per heavy atom. The minimum Gasteiger partial charge on any atom is -0.365 e. The van der Waals surface area contributed by atoms with Crippen LogP contribution in [0.5, 0.6) is 0 Å². The molecule has 0 aromatic rings. The third kappa shape index (κ3) is 4.73. The van der Waals surface area contributed by atoms with Gasteiger partial charge < -0.3 is 4.74 Å². The molecule has 0 aliphatic rings. The fraction of sp³-hybridized carbons (Fsp3) is 1.00. The van der Waals surface area contributed by atoms with Crippen LogP contribution in [-0.2, 0) is 4.74 Å². The number of ether oxygens (including phenoxy) is 1. The van der Waals surface area contributed by atoms with Crippen molar-refractivity contribution in [1.29, 1.82) is 0 Å². The number of rotatable bonds is 4. The molecule has 0 radical (unpaired) electrons. The fourth-order valence-electron chi connectivity index (χ4n) is 0.417. The van der Waals surface area contributed by atoms with Gasteiger partial charge >= 0.3 is 0 Å². The van der Waals surface area contributed by atoms with E-state index in [1.54, 1.807) is 0 Å². The van der Waals surface area contributed by atoms with Crippen molar-refractivity contribution in [3.8, 4) is 0 Å². The maximum absolute atomic E-state index is 5.34.